The summed E-state index contributed by atoms with van der Waals surface area (Å²) in [5.74, 6) is 0.184. The van der Waals surface area contributed by atoms with E-state index in [1.54, 1.807) is 0 Å². The molecule has 0 aliphatic carbocycles. The van der Waals surface area contributed by atoms with Crippen LogP contribution < -0.4 is 5.32 Å². The lowest BCUT2D eigenvalue weighted by Gasteiger charge is -2.26. The Hall–Kier alpha value is -1.12. The van der Waals surface area contributed by atoms with Crippen LogP contribution in [0.1, 0.15) is 26.7 Å². The first-order valence-electron chi connectivity index (χ1n) is 5.26. The number of fused-ring (bicyclic) bond motifs is 1. The van der Waals surface area contributed by atoms with E-state index in [-0.39, 0.29) is 17.4 Å². The van der Waals surface area contributed by atoms with Crippen molar-refractivity contribution >= 4 is 12.1 Å². The number of nitrogens with one attached hydrogen (secondary N) is 1. The van der Waals surface area contributed by atoms with Gasteiger partial charge in [0.1, 0.15) is 0 Å². The summed E-state index contributed by atoms with van der Waals surface area (Å²) in [6, 6.07) is 0.160. The predicted molar refractivity (Wildman–Crippen MR) is 56.4 cm³/mol. The van der Waals surface area contributed by atoms with E-state index in [9.17, 15) is 4.79 Å². The molecule has 0 aromatic rings. The van der Waals surface area contributed by atoms with Gasteiger partial charge in [-0.15, -0.1) is 0 Å². The molecule has 2 heterocycles. The minimum atomic E-state index is -0.253. The van der Waals surface area contributed by atoms with Gasteiger partial charge < -0.3 is 5.32 Å². The summed E-state index contributed by atoms with van der Waals surface area (Å²) in [5.41, 5.74) is 0.986. The van der Waals surface area contributed by atoms with E-state index < -0.39 is 0 Å². The molecule has 1 amide bonds. The van der Waals surface area contributed by atoms with Crippen LogP contribution in [0.2, 0.25) is 0 Å². The maximum Gasteiger partial charge on any atom is 0.230 e. The van der Waals surface area contributed by atoms with Gasteiger partial charge in [0.25, 0.3) is 0 Å². The van der Waals surface area contributed by atoms with Crippen LogP contribution in [0.5, 0.6) is 0 Å². The Kier molecular flexibility index (Phi) is 2.17. The second-order valence-electron chi connectivity index (χ2n) is 3.95. The number of dihydropyridines is 1. The highest BCUT2D eigenvalue weighted by Crippen LogP contribution is 2.42. The molecule has 1 N–H and O–H groups in total. The zero-order valence-corrected chi connectivity index (χ0v) is 8.71. The van der Waals surface area contributed by atoms with E-state index in [2.05, 4.69) is 24.2 Å². The van der Waals surface area contributed by atoms with E-state index in [1.165, 1.54) is 5.57 Å². The van der Waals surface area contributed by atoms with Crippen molar-refractivity contribution in [1.82, 2.24) is 5.32 Å². The Bertz CT molecular complexity index is 313. The summed E-state index contributed by atoms with van der Waals surface area (Å²) in [6.07, 6.45) is 5.60. The van der Waals surface area contributed by atoms with Gasteiger partial charge in [0, 0.05) is 6.21 Å². The smallest absolute Gasteiger partial charge is 0.230 e. The van der Waals surface area contributed by atoms with Crippen molar-refractivity contribution in [2.75, 3.05) is 6.54 Å². The fourth-order valence-corrected chi connectivity index (χ4v) is 2.54. The number of allylic oxidation sites excluding steroid dienone is 1. The lowest BCUT2D eigenvalue weighted by atomic mass is 9.75. The van der Waals surface area contributed by atoms with E-state index in [0.717, 1.165) is 12.8 Å². The zero-order chi connectivity index (χ0) is 10.2. The lowest BCUT2D eigenvalue weighted by molar-refractivity contribution is -0.126. The van der Waals surface area contributed by atoms with Crippen LogP contribution in [0.25, 0.3) is 0 Å². The summed E-state index contributed by atoms with van der Waals surface area (Å²) in [6.45, 7) is 4.87. The van der Waals surface area contributed by atoms with Crippen LogP contribution in [0.3, 0.4) is 0 Å². The normalized spacial score (nSPS) is 28.3. The second kappa shape index (κ2) is 3.23. The van der Waals surface area contributed by atoms with Gasteiger partial charge in [-0.1, -0.05) is 13.8 Å². The minimum absolute atomic E-state index is 0.160. The third-order valence-electron chi connectivity index (χ3n) is 3.52. The molecule has 2 rings (SSSR count). The molecule has 0 bridgehead atoms. The summed E-state index contributed by atoms with van der Waals surface area (Å²) >= 11 is 0. The SMILES string of the molecule is CCC1(CC)C(=O)NC2CN=CC=C21. The van der Waals surface area contributed by atoms with Gasteiger partial charge in [-0.3, -0.25) is 9.79 Å². The van der Waals surface area contributed by atoms with E-state index in [4.69, 9.17) is 0 Å². The number of hydrogen-bond donors (Lipinski definition) is 1. The van der Waals surface area contributed by atoms with Crippen molar-refractivity contribution in [1.29, 1.82) is 0 Å². The largest absolute Gasteiger partial charge is 0.347 e. The van der Waals surface area contributed by atoms with Crippen molar-refractivity contribution in [3.63, 3.8) is 0 Å². The van der Waals surface area contributed by atoms with E-state index >= 15 is 0 Å². The highest BCUT2D eigenvalue weighted by atomic mass is 16.2. The molecule has 0 aromatic carbocycles. The Morgan fingerprint density at radius 1 is 1.57 bits per heavy atom. The predicted octanol–water partition coefficient (Wildman–Crippen LogP) is 1.30. The topological polar surface area (TPSA) is 41.5 Å². The standard InChI is InChI=1S/C11H16N2O/c1-3-11(4-2)8-5-6-12-7-9(8)13-10(11)14/h5-6,9H,3-4,7H2,1-2H3,(H,13,14). The molecule has 1 unspecified atom stereocenters. The van der Waals surface area contributed by atoms with Gasteiger partial charge in [-0.05, 0) is 24.5 Å². The van der Waals surface area contributed by atoms with Gasteiger partial charge >= 0.3 is 0 Å². The van der Waals surface area contributed by atoms with Crippen molar-refractivity contribution in [3.05, 3.63) is 11.6 Å². The van der Waals surface area contributed by atoms with Crippen molar-refractivity contribution in [2.45, 2.75) is 32.7 Å². The summed E-state index contributed by atoms with van der Waals surface area (Å²) < 4.78 is 0. The number of hydrogen-bond acceptors (Lipinski definition) is 2. The molecule has 3 heteroatoms. The van der Waals surface area contributed by atoms with E-state index in [1.807, 2.05) is 12.3 Å². The lowest BCUT2D eigenvalue weighted by Crippen LogP contribution is -2.31. The van der Waals surface area contributed by atoms with Crippen LogP contribution in [-0.2, 0) is 4.79 Å². The van der Waals surface area contributed by atoms with Crippen LogP contribution in [0.4, 0.5) is 0 Å². The Morgan fingerprint density at radius 2 is 2.29 bits per heavy atom. The minimum Gasteiger partial charge on any atom is -0.347 e. The monoisotopic (exact) mass is 192 g/mol. The second-order valence-corrected chi connectivity index (χ2v) is 3.95. The average molecular weight is 192 g/mol. The van der Waals surface area contributed by atoms with Gasteiger partial charge in [0.05, 0.1) is 18.0 Å². The average Bonchev–Trinajstić information content (AvgIpc) is 2.50. The first kappa shape index (κ1) is 9.44. The molecule has 76 valence electrons. The van der Waals surface area contributed by atoms with Crippen LogP contribution >= 0.6 is 0 Å². The molecule has 1 atom stereocenters. The molecule has 1 fully saturated rings. The Labute approximate surface area is 84.3 Å². The molecule has 3 nitrogen and oxygen atoms in total. The van der Waals surface area contributed by atoms with Crippen molar-refractivity contribution in [2.24, 2.45) is 10.4 Å². The number of amides is 1. The van der Waals surface area contributed by atoms with Crippen LogP contribution in [-0.4, -0.2) is 24.7 Å². The number of nitrogens with zero attached hydrogens (tertiary/aromatic N) is 1. The molecular formula is C11H16N2O. The number of aliphatic imine (C=N–C) groups is 1. The molecule has 0 saturated carbocycles. The van der Waals surface area contributed by atoms with Crippen molar-refractivity contribution in [3.8, 4) is 0 Å². The number of carbonyl (C=O) groups excluding carboxylic acids is 1. The summed E-state index contributed by atoms with van der Waals surface area (Å²) in [5, 5.41) is 3.03. The Morgan fingerprint density at radius 3 is 2.93 bits per heavy atom. The van der Waals surface area contributed by atoms with Gasteiger partial charge in [-0.2, -0.15) is 0 Å². The first-order chi connectivity index (χ1) is 6.74. The quantitative estimate of drug-likeness (QED) is 0.704. The molecule has 0 radical (unpaired) electrons. The van der Waals surface area contributed by atoms with Crippen LogP contribution in [0, 0.1) is 5.41 Å². The fourth-order valence-electron chi connectivity index (χ4n) is 2.54. The summed E-state index contributed by atoms with van der Waals surface area (Å²) in [7, 11) is 0. The molecular weight excluding hydrogens is 176 g/mol. The third-order valence-corrected chi connectivity index (χ3v) is 3.52. The Balaban J connectivity index is 2.43. The highest BCUT2D eigenvalue weighted by molar-refractivity contribution is 5.93. The highest BCUT2D eigenvalue weighted by Gasteiger charge is 2.48. The molecule has 2 aliphatic heterocycles. The molecule has 1 saturated heterocycles. The maximum atomic E-state index is 11.9. The molecule has 0 spiro atoms. The number of carbonyl (C=O) groups is 1. The van der Waals surface area contributed by atoms with Gasteiger partial charge in [-0.25, -0.2) is 0 Å². The molecule has 14 heavy (non-hydrogen) atoms. The van der Waals surface area contributed by atoms with Crippen molar-refractivity contribution < 1.29 is 4.79 Å². The van der Waals surface area contributed by atoms with Crippen LogP contribution in [0.15, 0.2) is 16.6 Å². The first-order valence-corrected chi connectivity index (χ1v) is 5.26. The summed E-state index contributed by atoms with van der Waals surface area (Å²) in [4.78, 5) is 16.1. The fraction of sp³-hybridized carbons (Fsp3) is 0.636. The van der Waals surface area contributed by atoms with E-state index in [0.29, 0.717) is 6.54 Å². The third kappa shape index (κ3) is 1.04. The number of rotatable bonds is 2. The maximum absolute atomic E-state index is 11.9. The molecule has 0 aromatic heterocycles. The molecule has 2 aliphatic rings. The van der Waals surface area contributed by atoms with Gasteiger partial charge in [0.15, 0.2) is 0 Å². The zero-order valence-electron chi connectivity index (χ0n) is 8.71. The van der Waals surface area contributed by atoms with Gasteiger partial charge in [0.2, 0.25) is 5.91 Å².